The molecule has 0 atom stereocenters. The van der Waals surface area contributed by atoms with Crippen molar-refractivity contribution in [3.05, 3.63) is 38.5 Å². The van der Waals surface area contributed by atoms with Crippen LogP contribution in [0.3, 0.4) is 0 Å². The van der Waals surface area contributed by atoms with Crippen LogP contribution in [0.25, 0.3) is 16.0 Å². The number of carbonyl (C=O) groups excluding carboxylic acids is 2. The highest BCUT2D eigenvalue weighted by Crippen LogP contribution is 2.37. The van der Waals surface area contributed by atoms with Crippen molar-refractivity contribution in [2.45, 2.75) is 33.6 Å². The van der Waals surface area contributed by atoms with Crippen molar-refractivity contribution in [1.29, 1.82) is 0 Å². The molecule has 1 heterocycles. The molecular weight excluding hydrogens is 326 g/mol. The number of carbonyl (C=O) groups is 2. The van der Waals surface area contributed by atoms with Gasteiger partial charge in [-0.3, -0.25) is 14.4 Å². The summed E-state index contributed by atoms with van der Waals surface area (Å²) < 4.78 is 2.33. The summed E-state index contributed by atoms with van der Waals surface area (Å²) in [5.74, 6) is -0.932. The van der Waals surface area contributed by atoms with Crippen molar-refractivity contribution < 1.29 is 14.7 Å². The minimum Gasteiger partial charge on any atom is -0.506 e. The van der Waals surface area contributed by atoms with Gasteiger partial charge in [-0.1, -0.05) is 25.2 Å². The van der Waals surface area contributed by atoms with Crippen LogP contribution in [-0.2, 0) is 16.6 Å². The molecule has 1 aliphatic rings. The van der Waals surface area contributed by atoms with Crippen LogP contribution in [0.5, 0.6) is 0 Å². The monoisotopic (exact) mass is 345 g/mol. The number of fused-ring (bicyclic) bond motifs is 1. The quantitative estimate of drug-likeness (QED) is 0.489. The molecule has 0 radical (unpaired) electrons. The third-order valence-electron chi connectivity index (χ3n) is 4.53. The summed E-state index contributed by atoms with van der Waals surface area (Å²) in [6.45, 7) is 5.52. The van der Waals surface area contributed by atoms with Crippen LogP contribution in [0, 0.1) is 12.3 Å². The summed E-state index contributed by atoms with van der Waals surface area (Å²) in [6.07, 6.45) is 0.465. The van der Waals surface area contributed by atoms with Gasteiger partial charge in [0.25, 0.3) is 0 Å². The fraction of sp³-hybridized carbons (Fsp3) is 0.389. The molecule has 1 N–H and O–H groups in total. The minimum absolute atomic E-state index is 0.0936. The van der Waals surface area contributed by atoms with Gasteiger partial charge in [0.05, 0.1) is 10.2 Å². The lowest BCUT2D eigenvalue weighted by Crippen LogP contribution is -2.32. The highest BCUT2D eigenvalue weighted by Gasteiger charge is 2.38. The first-order valence-electron chi connectivity index (χ1n) is 7.71. The van der Waals surface area contributed by atoms with Crippen LogP contribution < -0.4 is 4.87 Å². The molecule has 1 aliphatic carbocycles. The second-order valence-electron chi connectivity index (χ2n) is 7.10. The number of thiazole rings is 1. The number of allylic oxidation sites excluding steroid dienone is 1. The average molecular weight is 345 g/mol. The maximum absolute atomic E-state index is 12.4. The Morgan fingerprint density at radius 2 is 1.75 bits per heavy atom. The zero-order chi connectivity index (χ0) is 17.8. The fourth-order valence-corrected chi connectivity index (χ4v) is 4.29. The van der Waals surface area contributed by atoms with E-state index in [0.717, 1.165) is 16.0 Å². The summed E-state index contributed by atoms with van der Waals surface area (Å²) in [7, 11) is 1.67. The zero-order valence-corrected chi connectivity index (χ0v) is 14.9. The summed E-state index contributed by atoms with van der Waals surface area (Å²) >= 11 is 1.13. The summed E-state index contributed by atoms with van der Waals surface area (Å²) in [4.78, 5) is 36.5. The maximum Gasteiger partial charge on any atom is 0.307 e. The number of benzene rings is 1. The summed E-state index contributed by atoms with van der Waals surface area (Å²) in [5.41, 5.74) is 1.33. The van der Waals surface area contributed by atoms with Gasteiger partial charge in [-0.05, 0) is 30.0 Å². The largest absolute Gasteiger partial charge is 0.506 e. The van der Waals surface area contributed by atoms with E-state index in [1.807, 2.05) is 13.8 Å². The van der Waals surface area contributed by atoms with Gasteiger partial charge < -0.3 is 9.67 Å². The Balaban J connectivity index is 2.22. The van der Waals surface area contributed by atoms with Crippen LogP contribution >= 0.6 is 11.3 Å². The Bertz CT molecular complexity index is 953. The molecule has 5 nitrogen and oxygen atoms in total. The first-order valence-corrected chi connectivity index (χ1v) is 8.53. The van der Waals surface area contributed by atoms with Crippen molar-refractivity contribution in [3.63, 3.8) is 0 Å². The van der Waals surface area contributed by atoms with Gasteiger partial charge in [-0.15, -0.1) is 0 Å². The van der Waals surface area contributed by atoms with Gasteiger partial charge in [0, 0.05) is 25.5 Å². The lowest BCUT2D eigenvalue weighted by Gasteiger charge is -2.29. The number of aromatic nitrogens is 1. The number of hydrogen-bond acceptors (Lipinski definition) is 5. The predicted octanol–water partition coefficient (Wildman–Crippen LogP) is 3.14. The third-order valence-corrected chi connectivity index (χ3v) is 5.53. The Labute approximate surface area is 143 Å². The second-order valence-corrected chi connectivity index (χ2v) is 8.09. The standard InChI is InChI=1S/C18H19NO4S/c1-9-10(5-6-13-15(9)19(4)17(23)24-13)16(22)14-11(20)7-18(2,3)8-12(14)21/h5-6,22H,7-8H2,1-4H3. The maximum atomic E-state index is 12.4. The molecule has 0 spiro atoms. The molecule has 0 aliphatic heterocycles. The lowest BCUT2D eigenvalue weighted by atomic mass is 9.73. The van der Waals surface area contributed by atoms with E-state index in [9.17, 15) is 19.5 Å². The molecule has 1 aromatic carbocycles. The van der Waals surface area contributed by atoms with E-state index in [4.69, 9.17) is 0 Å². The van der Waals surface area contributed by atoms with Crippen molar-refractivity contribution in [2.75, 3.05) is 0 Å². The Hall–Kier alpha value is -2.21. The number of aliphatic hydroxyl groups excluding tert-OH is 1. The van der Waals surface area contributed by atoms with Gasteiger partial charge in [-0.25, -0.2) is 0 Å². The smallest absolute Gasteiger partial charge is 0.307 e. The molecule has 1 aromatic heterocycles. The van der Waals surface area contributed by atoms with E-state index in [0.29, 0.717) is 16.6 Å². The van der Waals surface area contributed by atoms with Gasteiger partial charge in [-0.2, -0.15) is 0 Å². The molecule has 24 heavy (non-hydrogen) atoms. The van der Waals surface area contributed by atoms with Gasteiger partial charge in [0.1, 0.15) is 11.3 Å². The minimum atomic E-state index is -0.381. The number of ketones is 2. The van der Waals surface area contributed by atoms with Gasteiger partial charge in [0.15, 0.2) is 11.6 Å². The van der Waals surface area contributed by atoms with Crippen molar-refractivity contribution in [1.82, 2.24) is 4.57 Å². The first kappa shape index (κ1) is 16.6. The average Bonchev–Trinajstić information content (AvgIpc) is 2.72. The second kappa shape index (κ2) is 5.41. The molecule has 0 amide bonds. The van der Waals surface area contributed by atoms with E-state index < -0.39 is 0 Å². The van der Waals surface area contributed by atoms with E-state index in [1.165, 1.54) is 4.57 Å². The number of nitrogens with zero attached hydrogens (tertiary/aromatic N) is 1. The van der Waals surface area contributed by atoms with E-state index in [-0.39, 0.29) is 46.0 Å². The van der Waals surface area contributed by atoms with Crippen LogP contribution in [0.4, 0.5) is 0 Å². The Kier molecular flexibility index (Phi) is 3.75. The fourth-order valence-electron chi connectivity index (χ4n) is 3.35. The molecule has 0 bridgehead atoms. The van der Waals surface area contributed by atoms with Crippen molar-refractivity contribution in [3.8, 4) is 0 Å². The van der Waals surface area contributed by atoms with Gasteiger partial charge >= 0.3 is 4.87 Å². The number of Topliss-reactive ketones (excluding diaryl/α,β-unsaturated/α-hetero) is 2. The SMILES string of the molecule is Cc1c(C(O)=C2C(=O)CC(C)(C)CC2=O)ccc2sc(=O)n(C)c12. The van der Waals surface area contributed by atoms with E-state index in [2.05, 4.69) is 0 Å². The normalized spacial score (nSPS) is 17.6. The molecule has 1 saturated carbocycles. The van der Waals surface area contributed by atoms with Crippen molar-refractivity contribution >= 4 is 38.9 Å². The zero-order valence-electron chi connectivity index (χ0n) is 14.1. The molecule has 1 fully saturated rings. The third kappa shape index (κ3) is 2.51. The van der Waals surface area contributed by atoms with Crippen LogP contribution in [-0.4, -0.2) is 21.2 Å². The topological polar surface area (TPSA) is 76.4 Å². The number of aliphatic hydroxyl groups is 1. The number of rotatable bonds is 1. The van der Waals surface area contributed by atoms with Crippen LogP contribution in [0.2, 0.25) is 0 Å². The summed E-state index contributed by atoms with van der Waals surface area (Å²) in [6, 6.07) is 3.40. The Morgan fingerprint density at radius 3 is 2.33 bits per heavy atom. The van der Waals surface area contributed by atoms with E-state index >= 15 is 0 Å². The highest BCUT2D eigenvalue weighted by atomic mass is 32.1. The lowest BCUT2D eigenvalue weighted by molar-refractivity contribution is -0.127. The molecule has 3 rings (SSSR count). The molecular formula is C18H19NO4S. The molecule has 126 valence electrons. The van der Waals surface area contributed by atoms with Gasteiger partial charge in [0.2, 0.25) is 0 Å². The molecule has 0 unspecified atom stereocenters. The van der Waals surface area contributed by atoms with Crippen LogP contribution in [0.15, 0.2) is 22.5 Å². The van der Waals surface area contributed by atoms with Crippen molar-refractivity contribution in [2.24, 2.45) is 12.5 Å². The number of aryl methyl sites for hydroxylation is 2. The first-order chi connectivity index (χ1) is 11.1. The molecule has 2 aromatic rings. The predicted molar refractivity (Wildman–Crippen MR) is 94.4 cm³/mol. The van der Waals surface area contributed by atoms with E-state index in [1.54, 1.807) is 26.1 Å². The summed E-state index contributed by atoms with van der Waals surface area (Å²) in [5, 5.41) is 10.6. The highest BCUT2D eigenvalue weighted by molar-refractivity contribution is 7.16. The number of hydrogen-bond donors (Lipinski definition) is 1. The van der Waals surface area contributed by atoms with Crippen LogP contribution in [0.1, 0.15) is 37.8 Å². The Morgan fingerprint density at radius 1 is 1.17 bits per heavy atom. The molecule has 6 heteroatoms. The molecule has 0 saturated heterocycles.